The van der Waals surface area contributed by atoms with Crippen molar-refractivity contribution >= 4 is 23.1 Å². The van der Waals surface area contributed by atoms with E-state index in [1.165, 1.54) is 23.7 Å². The van der Waals surface area contributed by atoms with Crippen LogP contribution >= 0.6 is 11.3 Å². The van der Waals surface area contributed by atoms with Crippen LogP contribution in [0.3, 0.4) is 0 Å². The lowest BCUT2D eigenvalue weighted by Crippen LogP contribution is -2.44. The molecule has 0 spiro atoms. The Morgan fingerprint density at radius 2 is 2.03 bits per heavy atom. The van der Waals surface area contributed by atoms with Gasteiger partial charge in [0.2, 0.25) is 11.8 Å². The van der Waals surface area contributed by atoms with Gasteiger partial charge in [-0.15, -0.1) is 11.3 Å². The fraction of sp³-hybridized carbons (Fsp3) is 0.381. The molecular formula is C21H25N7O3S. The van der Waals surface area contributed by atoms with Crippen LogP contribution in [0.2, 0.25) is 0 Å². The molecule has 4 heterocycles. The maximum atomic E-state index is 12.3. The lowest BCUT2D eigenvalue weighted by Gasteiger charge is -2.33. The number of aromatic nitrogens is 4. The molecule has 11 heteroatoms. The van der Waals surface area contributed by atoms with Crippen LogP contribution in [-0.4, -0.2) is 76.9 Å². The summed E-state index contributed by atoms with van der Waals surface area (Å²) >= 11 is 1.52. The second-order valence-electron chi connectivity index (χ2n) is 7.39. The summed E-state index contributed by atoms with van der Waals surface area (Å²) in [5, 5.41) is 8.97. The van der Waals surface area contributed by atoms with Crippen LogP contribution in [0.25, 0.3) is 10.6 Å². The minimum Gasteiger partial charge on any atom is -0.476 e. The van der Waals surface area contributed by atoms with E-state index in [9.17, 15) is 9.59 Å². The molecule has 0 radical (unpaired) electrons. The van der Waals surface area contributed by atoms with Crippen molar-refractivity contribution in [2.75, 3.05) is 51.3 Å². The minimum absolute atomic E-state index is 0.154. The van der Waals surface area contributed by atoms with Crippen LogP contribution in [0.15, 0.2) is 46.8 Å². The van der Waals surface area contributed by atoms with Gasteiger partial charge in [-0.3, -0.25) is 9.59 Å². The number of nitrogens with one attached hydrogen (secondary N) is 1. The maximum absolute atomic E-state index is 12.3. The van der Waals surface area contributed by atoms with Crippen molar-refractivity contribution in [3.05, 3.63) is 52.4 Å². The highest BCUT2D eigenvalue weighted by Gasteiger charge is 2.16. The van der Waals surface area contributed by atoms with Crippen molar-refractivity contribution in [2.24, 2.45) is 0 Å². The number of carbonyl (C=O) groups is 1. The first-order valence-corrected chi connectivity index (χ1v) is 11.2. The number of rotatable bonds is 8. The largest absolute Gasteiger partial charge is 0.476 e. The van der Waals surface area contributed by atoms with E-state index in [-0.39, 0.29) is 31.2 Å². The van der Waals surface area contributed by atoms with Gasteiger partial charge in [-0.2, -0.15) is 5.10 Å². The summed E-state index contributed by atoms with van der Waals surface area (Å²) in [6, 6.07) is 8.73. The molecule has 32 heavy (non-hydrogen) atoms. The Morgan fingerprint density at radius 1 is 1.19 bits per heavy atom. The third-order valence-electron chi connectivity index (χ3n) is 5.06. The zero-order valence-corrected chi connectivity index (χ0v) is 18.6. The summed E-state index contributed by atoms with van der Waals surface area (Å²) in [6.45, 7) is 4.17. The predicted molar refractivity (Wildman–Crippen MR) is 122 cm³/mol. The number of piperazine rings is 1. The van der Waals surface area contributed by atoms with Crippen LogP contribution < -0.4 is 20.5 Å². The Hall–Kier alpha value is -3.31. The van der Waals surface area contributed by atoms with Crippen molar-refractivity contribution in [3.8, 4) is 16.5 Å². The Bertz CT molecular complexity index is 1090. The van der Waals surface area contributed by atoms with Gasteiger partial charge in [0, 0.05) is 38.3 Å². The molecule has 1 fully saturated rings. The Labute approximate surface area is 189 Å². The number of nitrogens with zero attached hydrogens (tertiary/aromatic N) is 6. The highest BCUT2D eigenvalue weighted by Crippen LogP contribution is 2.21. The van der Waals surface area contributed by atoms with Crippen molar-refractivity contribution in [2.45, 2.75) is 6.54 Å². The molecule has 1 aliphatic rings. The summed E-state index contributed by atoms with van der Waals surface area (Å²) in [6.07, 6.45) is 1.49. The third kappa shape index (κ3) is 5.68. The molecule has 1 aliphatic heterocycles. The molecule has 0 saturated carbocycles. The van der Waals surface area contributed by atoms with Crippen LogP contribution in [0.5, 0.6) is 5.88 Å². The molecule has 4 rings (SSSR count). The minimum atomic E-state index is -0.325. The number of carbonyl (C=O) groups excluding carboxylic acids is 1. The second-order valence-corrected chi connectivity index (χ2v) is 8.34. The first-order chi connectivity index (χ1) is 15.6. The standard InChI is InChI=1S/C21H25N7O3S/c1-26-7-9-27(10-8-26)18-13-20(24-15-23-18)31-11-6-22-19(29)14-28-21(30)5-4-16(25-28)17-3-2-12-32-17/h2-5,12-13,15H,6-11,14H2,1H3,(H,22,29). The number of likely N-dealkylation sites (N-methyl/N-ethyl adjacent to an activating group) is 1. The summed E-state index contributed by atoms with van der Waals surface area (Å²) in [5.74, 6) is 0.986. The number of thiophene rings is 1. The van der Waals surface area contributed by atoms with E-state index in [2.05, 4.69) is 37.2 Å². The molecule has 10 nitrogen and oxygen atoms in total. The normalized spacial score (nSPS) is 14.3. The molecular weight excluding hydrogens is 430 g/mol. The number of hydrogen-bond donors (Lipinski definition) is 1. The summed E-state index contributed by atoms with van der Waals surface area (Å²) in [7, 11) is 2.10. The maximum Gasteiger partial charge on any atom is 0.267 e. The van der Waals surface area contributed by atoms with Crippen LogP contribution in [-0.2, 0) is 11.3 Å². The molecule has 0 aromatic carbocycles. The van der Waals surface area contributed by atoms with Gasteiger partial charge >= 0.3 is 0 Å². The molecule has 0 unspecified atom stereocenters. The number of anilines is 1. The average molecular weight is 456 g/mol. The van der Waals surface area contributed by atoms with Crippen LogP contribution in [0.4, 0.5) is 5.82 Å². The van der Waals surface area contributed by atoms with Crippen molar-refractivity contribution in [1.29, 1.82) is 0 Å². The average Bonchev–Trinajstić information content (AvgIpc) is 3.34. The van der Waals surface area contributed by atoms with E-state index in [4.69, 9.17) is 4.74 Å². The first-order valence-electron chi connectivity index (χ1n) is 10.4. The Balaban J connectivity index is 1.25. The fourth-order valence-corrected chi connectivity index (χ4v) is 3.96. The summed E-state index contributed by atoms with van der Waals surface area (Å²) in [4.78, 5) is 38.2. The van der Waals surface area contributed by atoms with Gasteiger partial charge in [0.25, 0.3) is 5.56 Å². The highest BCUT2D eigenvalue weighted by molar-refractivity contribution is 7.13. The number of hydrogen-bond acceptors (Lipinski definition) is 9. The zero-order valence-electron chi connectivity index (χ0n) is 17.8. The van der Waals surface area contributed by atoms with Crippen molar-refractivity contribution in [3.63, 3.8) is 0 Å². The Morgan fingerprint density at radius 3 is 2.81 bits per heavy atom. The topological polar surface area (TPSA) is 105 Å². The number of ether oxygens (including phenoxy) is 1. The molecule has 168 valence electrons. The molecule has 1 N–H and O–H groups in total. The first kappa shape index (κ1) is 21.9. The quantitative estimate of drug-likeness (QED) is 0.495. The monoisotopic (exact) mass is 455 g/mol. The Kier molecular flexibility index (Phi) is 7.07. The van der Waals surface area contributed by atoms with Gasteiger partial charge in [-0.1, -0.05) is 6.07 Å². The van der Waals surface area contributed by atoms with Crippen molar-refractivity contribution in [1.82, 2.24) is 30.0 Å². The smallest absolute Gasteiger partial charge is 0.267 e. The van der Waals surface area contributed by atoms with E-state index >= 15 is 0 Å². The van der Waals surface area contributed by atoms with E-state index in [0.717, 1.165) is 41.6 Å². The fourth-order valence-electron chi connectivity index (χ4n) is 3.27. The third-order valence-corrected chi connectivity index (χ3v) is 5.95. The summed E-state index contributed by atoms with van der Waals surface area (Å²) < 4.78 is 6.83. The molecule has 3 aromatic rings. The van der Waals surface area contributed by atoms with Gasteiger partial charge in [-0.25, -0.2) is 14.6 Å². The lowest BCUT2D eigenvalue weighted by atomic mass is 10.3. The molecule has 1 saturated heterocycles. The van der Waals surface area contributed by atoms with E-state index < -0.39 is 0 Å². The second kappa shape index (κ2) is 10.3. The number of amides is 1. The molecule has 0 bridgehead atoms. The van der Waals surface area contributed by atoms with Crippen molar-refractivity contribution < 1.29 is 9.53 Å². The zero-order chi connectivity index (χ0) is 22.3. The predicted octanol–water partition coefficient (Wildman–Crippen LogP) is 0.709. The van der Waals surface area contributed by atoms with E-state index in [0.29, 0.717) is 11.6 Å². The van der Waals surface area contributed by atoms with E-state index in [1.807, 2.05) is 23.6 Å². The van der Waals surface area contributed by atoms with Gasteiger partial charge in [0.15, 0.2) is 0 Å². The van der Waals surface area contributed by atoms with Gasteiger partial charge in [0.1, 0.15) is 31.0 Å². The summed E-state index contributed by atoms with van der Waals surface area (Å²) in [5.41, 5.74) is 0.338. The molecule has 0 aliphatic carbocycles. The van der Waals surface area contributed by atoms with Gasteiger partial charge in [-0.05, 0) is 24.6 Å². The molecule has 3 aromatic heterocycles. The van der Waals surface area contributed by atoms with Crippen LogP contribution in [0.1, 0.15) is 0 Å². The lowest BCUT2D eigenvalue weighted by molar-refractivity contribution is -0.122. The highest BCUT2D eigenvalue weighted by atomic mass is 32.1. The van der Waals surface area contributed by atoms with Gasteiger partial charge < -0.3 is 19.9 Å². The van der Waals surface area contributed by atoms with Crippen LogP contribution in [0, 0.1) is 0 Å². The van der Waals surface area contributed by atoms with Gasteiger partial charge in [0.05, 0.1) is 11.4 Å². The van der Waals surface area contributed by atoms with E-state index in [1.54, 1.807) is 6.07 Å². The molecule has 1 amide bonds. The SMILES string of the molecule is CN1CCN(c2cc(OCCNC(=O)Cn3nc(-c4cccs4)ccc3=O)ncn2)CC1. The molecule has 0 atom stereocenters.